The Bertz CT molecular complexity index is 102. The van der Waals surface area contributed by atoms with Gasteiger partial charge in [0.1, 0.15) is 0 Å². The molecular formula is C8H14O2. The van der Waals surface area contributed by atoms with Gasteiger partial charge in [0.25, 0.3) is 6.47 Å². The summed E-state index contributed by atoms with van der Waals surface area (Å²) in [5, 5.41) is 0. The SMILES string of the molecule is C=C=C.CCC(C)OC=O. The standard InChI is InChI=1S/C5H10O2.C3H4/c1-3-5(2)7-4-6;1-3-2/h4-5H,3H2,1-2H3;1-2H2. The molecule has 2 nitrogen and oxygen atoms in total. The Balaban J connectivity index is 0. The second-order valence-electron chi connectivity index (χ2n) is 1.70. The van der Waals surface area contributed by atoms with Crippen molar-refractivity contribution in [2.45, 2.75) is 26.4 Å². The van der Waals surface area contributed by atoms with E-state index >= 15 is 0 Å². The fourth-order valence-electron chi connectivity index (χ4n) is 0.191. The van der Waals surface area contributed by atoms with Crippen molar-refractivity contribution in [1.29, 1.82) is 0 Å². The van der Waals surface area contributed by atoms with E-state index in [1.54, 1.807) is 0 Å². The first-order valence-corrected chi connectivity index (χ1v) is 3.11. The van der Waals surface area contributed by atoms with E-state index in [1.165, 1.54) is 0 Å². The van der Waals surface area contributed by atoms with Crippen molar-refractivity contribution in [2.24, 2.45) is 0 Å². The molecule has 0 aromatic carbocycles. The first-order chi connectivity index (χ1) is 4.72. The molecule has 10 heavy (non-hydrogen) atoms. The Kier molecular flexibility index (Phi) is 12.8. The summed E-state index contributed by atoms with van der Waals surface area (Å²) in [5.74, 6) is 0. The summed E-state index contributed by atoms with van der Waals surface area (Å²) in [4.78, 5) is 9.55. The number of hydrogen-bond donors (Lipinski definition) is 0. The third-order valence-electron chi connectivity index (χ3n) is 0.863. The molecule has 58 valence electrons. The highest BCUT2D eigenvalue weighted by atomic mass is 16.5. The maximum Gasteiger partial charge on any atom is 0.293 e. The lowest BCUT2D eigenvalue weighted by Gasteiger charge is -2.02. The minimum atomic E-state index is 0.0810. The lowest BCUT2D eigenvalue weighted by molar-refractivity contribution is -0.132. The van der Waals surface area contributed by atoms with Crippen molar-refractivity contribution in [2.75, 3.05) is 0 Å². The molecule has 1 atom stereocenters. The normalized spacial score (nSPS) is 9.80. The van der Waals surface area contributed by atoms with Gasteiger partial charge >= 0.3 is 0 Å². The van der Waals surface area contributed by atoms with Crippen molar-refractivity contribution < 1.29 is 9.53 Å². The van der Waals surface area contributed by atoms with Crippen LogP contribution >= 0.6 is 0 Å². The van der Waals surface area contributed by atoms with Crippen molar-refractivity contribution >= 4 is 6.47 Å². The predicted octanol–water partition coefficient (Wildman–Crippen LogP) is 1.92. The van der Waals surface area contributed by atoms with E-state index in [2.05, 4.69) is 23.6 Å². The van der Waals surface area contributed by atoms with E-state index in [4.69, 9.17) is 0 Å². The Hall–Kier alpha value is -1.01. The minimum absolute atomic E-state index is 0.0810. The highest BCUT2D eigenvalue weighted by Gasteiger charge is 1.92. The number of ether oxygens (including phenoxy) is 1. The van der Waals surface area contributed by atoms with Crippen LogP contribution in [0, 0.1) is 0 Å². The van der Waals surface area contributed by atoms with Crippen LogP contribution < -0.4 is 0 Å². The van der Waals surface area contributed by atoms with Gasteiger partial charge in [-0.25, -0.2) is 0 Å². The van der Waals surface area contributed by atoms with E-state index < -0.39 is 0 Å². The Morgan fingerprint density at radius 1 is 1.70 bits per heavy atom. The third kappa shape index (κ3) is 15.8. The van der Waals surface area contributed by atoms with E-state index in [0.717, 1.165) is 6.42 Å². The molecule has 0 aliphatic heterocycles. The second-order valence-corrected chi connectivity index (χ2v) is 1.70. The average molecular weight is 142 g/mol. The smallest absolute Gasteiger partial charge is 0.293 e. The molecule has 0 aliphatic rings. The largest absolute Gasteiger partial charge is 0.465 e. The molecule has 0 aromatic heterocycles. The Morgan fingerprint density at radius 2 is 2.10 bits per heavy atom. The molecule has 0 N–H and O–H groups in total. The van der Waals surface area contributed by atoms with E-state index in [0.29, 0.717) is 6.47 Å². The molecule has 0 aromatic rings. The highest BCUT2D eigenvalue weighted by molar-refractivity contribution is 5.37. The van der Waals surface area contributed by atoms with E-state index in [9.17, 15) is 4.79 Å². The lowest BCUT2D eigenvalue weighted by atomic mass is 10.3. The van der Waals surface area contributed by atoms with Crippen molar-refractivity contribution in [3.63, 3.8) is 0 Å². The van der Waals surface area contributed by atoms with Crippen LogP contribution in [0.4, 0.5) is 0 Å². The van der Waals surface area contributed by atoms with Crippen molar-refractivity contribution in [3.05, 3.63) is 18.9 Å². The van der Waals surface area contributed by atoms with Gasteiger partial charge in [-0.1, -0.05) is 20.1 Å². The second kappa shape index (κ2) is 10.9. The zero-order chi connectivity index (χ0) is 8.41. The summed E-state index contributed by atoms with van der Waals surface area (Å²) < 4.78 is 4.51. The van der Waals surface area contributed by atoms with Crippen molar-refractivity contribution in [1.82, 2.24) is 0 Å². The van der Waals surface area contributed by atoms with Gasteiger partial charge in [-0.3, -0.25) is 4.79 Å². The molecule has 0 rings (SSSR count). The molecule has 0 radical (unpaired) electrons. The molecule has 0 saturated carbocycles. The fraction of sp³-hybridized carbons (Fsp3) is 0.500. The first kappa shape index (κ1) is 11.7. The Labute approximate surface area is 62.2 Å². The Morgan fingerprint density at radius 3 is 2.20 bits per heavy atom. The van der Waals surface area contributed by atoms with Gasteiger partial charge in [-0.15, -0.1) is 5.73 Å². The van der Waals surface area contributed by atoms with Crippen LogP contribution in [0.3, 0.4) is 0 Å². The van der Waals surface area contributed by atoms with Gasteiger partial charge in [0, 0.05) is 0 Å². The lowest BCUT2D eigenvalue weighted by Crippen LogP contribution is -2.03. The zero-order valence-corrected chi connectivity index (χ0v) is 6.59. The molecule has 0 amide bonds. The van der Waals surface area contributed by atoms with Crippen LogP contribution in [0.5, 0.6) is 0 Å². The summed E-state index contributed by atoms with van der Waals surface area (Å²) in [6.07, 6.45) is 0.969. The minimum Gasteiger partial charge on any atom is -0.465 e. The summed E-state index contributed by atoms with van der Waals surface area (Å²) in [7, 11) is 0. The predicted molar refractivity (Wildman–Crippen MR) is 41.7 cm³/mol. The molecule has 2 heteroatoms. The van der Waals surface area contributed by atoms with Crippen molar-refractivity contribution in [3.8, 4) is 0 Å². The summed E-state index contributed by atoms with van der Waals surface area (Å²) in [5.41, 5.74) is 2.25. The van der Waals surface area contributed by atoms with Crippen LogP contribution in [0.25, 0.3) is 0 Å². The van der Waals surface area contributed by atoms with Crippen LogP contribution in [0.15, 0.2) is 18.9 Å². The molecule has 0 spiro atoms. The fourth-order valence-corrected chi connectivity index (χ4v) is 0.191. The molecule has 0 bridgehead atoms. The number of carbonyl (C=O) groups excluding carboxylic acids is 1. The average Bonchev–Trinajstić information content (AvgIpc) is 1.90. The van der Waals surface area contributed by atoms with Crippen LogP contribution in [0.2, 0.25) is 0 Å². The molecular weight excluding hydrogens is 128 g/mol. The van der Waals surface area contributed by atoms with E-state index in [1.807, 2.05) is 13.8 Å². The molecule has 0 saturated heterocycles. The number of rotatable bonds is 3. The maximum absolute atomic E-state index is 9.55. The van der Waals surface area contributed by atoms with Crippen LogP contribution in [-0.4, -0.2) is 12.6 Å². The highest BCUT2D eigenvalue weighted by Crippen LogP contribution is 1.90. The summed E-state index contributed by atoms with van der Waals surface area (Å²) in [6.45, 7) is 10.6. The van der Waals surface area contributed by atoms with Gasteiger partial charge in [-0.2, -0.15) is 0 Å². The van der Waals surface area contributed by atoms with E-state index in [-0.39, 0.29) is 6.10 Å². The zero-order valence-electron chi connectivity index (χ0n) is 6.59. The summed E-state index contributed by atoms with van der Waals surface area (Å²) >= 11 is 0. The number of hydrogen-bond acceptors (Lipinski definition) is 2. The van der Waals surface area contributed by atoms with Gasteiger partial charge in [0.15, 0.2) is 0 Å². The van der Waals surface area contributed by atoms with Gasteiger partial charge in [0.05, 0.1) is 6.10 Å². The maximum atomic E-state index is 9.55. The molecule has 1 unspecified atom stereocenters. The quantitative estimate of drug-likeness (QED) is 0.444. The first-order valence-electron chi connectivity index (χ1n) is 3.11. The monoisotopic (exact) mass is 142 g/mol. The third-order valence-corrected chi connectivity index (χ3v) is 0.863. The van der Waals surface area contributed by atoms with Crippen LogP contribution in [0.1, 0.15) is 20.3 Å². The molecule has 0 fully saturated rings. The van der Waals surface area contributed by atoms with Gasteiger partial charge in [-0.05, 0) is 13.3 Å². The van der Waals surface area contributed by atoms with Gasteiger partial charge < -0.3 is 4.74 Å². The molecule has 0 aliphatic carbocycles. The van der Waals surface area contributed by atoms with Gasteiger partial charge in [0.2, 0.25) is 0 Å². The molecule has 0 heterocycles. The topological polar surface area (TPSA) is 26.3 Å². The van der Waals surface area contributed by atoms with Crippen LogP contribution in [-0.2, 0) is 9.53 Å². The number of carbonyl (C=O) groups is 1. The summed E-state index contributed by atoms with van der Waals surface area (Å²) in [6, 6.07) is 0.